The molecule has 0 unspecified atom stereocenters. The van der Waals surface area contributed by atoms with Crippen LogP contribution in [0, 0.1) is 19.3 Å². The van der Waals surface area contributed by atoms with Crippen molar-refractivity contribution in [3.05, 3.63) is 118 Å². The molecule has 0 aliphatic carbocycles. The number of pyridine rings is 2. The van der Waals surface area contributed by atoms with Gasteiger partial charge in [0.15, 0.2) is 0 Å². The molecular weight excluding hydrogens is 512 g/mol. The van der Waals surface area contributed by atoms with Gasteiger partial charge in [0.25, 0.3) is 0 Å². The van der Waals surface area contributed by atoms with Gasteiger partial charge in [0.1, 0.15) is 11.5 Å². The number of benzene rings is 2. The van der Waals surface area contributed by atoms with Crippen LogP contribution in [0.4, 0.5) is 0 Å². The van der Waals surface area contributed by atoms with Crippen molar-refractivity contribution in [2.24, 2.45) is 4.99 Å². The summed E-state index contributed by atoms with van der Waals surface area (Å²) in [7, 11) is 1.70. The van der Waals surface area contributed by atoms with E-state index in [1.807, 2.05) is 74.5 Å². The second kappa shape index (κ2) is 14.3. The molecule has 8 nitrogen and oxygen atoms in total. The molecule has 0 fully saturated rings. The van der Waals surface area contributed by atoms with Crippen molar-refractivity contribution in [3.63, 3.8) is 0 Å². The van der Waals surface area contributed by atoms with Crippen LogP contribution in [0.2, 0.25) is 0 Å². The third kappa shape index (κ3) is 8.30. The highest BCUT2D eigenvalue weighted by Crippen LogP contribution is 2.27. The minimum Gasteiger partial charge on any atom is -0.507 e. The van der Waals surface area contributed by atoms with Crippen LogP contribution in [-0.4, -0.2) is 62.5 Å². The summed E-state index contributed by atoms with van der Waals surface area (Å²) < 4.78 is 0. The Bertz CT molecular complexity index is 1470. The third-order valence-corrected chi connectivity index (χ3v) is 6.89. The molecule has 8 heteroatoms. The summed E-state index contributed by atoms with van der Waals surface area (Å²) >= 11 is 0. The lowest BCUT2D eigenvalue weighted by molar-refractivity contribution is 0.178. The fourth-order valence-corrected chi connectivity index (χ4v) is 4.99. The second-order valence-corrected chi connectivity index (χ2v) is 10.3. The van der Waals surface area contributed by atoms with Gasteiger partial charge >= 0.3 is 0 Å². The van der Waals surface area contributed by atoms with Gasteiger partial charge in [-0.15, -0.1) is 0 Å². The zero-order valence-corrected chi connectivity index (χ0v) is 24.0. The molecule has 2 heterocycles. The van der Waals surface area contributed by atoms with Crippen LogP contribution < -0.4 is 0 Å². The number of phenols is 2. The topological polar surface area (TPSA) is 109 Å². The number of aromatic hydroxyl groups is 2. The lowest BCUT2D eigenvalue weighted by Gasteiger charge is -2.28. The minimum absolute atomic E-state index is 0.136. The van der Waals surface area contributed by atoms with Crippen LogP contribution >= 0.6 is 0 Å². The van der Waals surface area contributed by atoms with Crippen LogP contribution in [0.15, 0.2) is 78.0 Å². The van der Waals surface area contributed by atoms with Gasteiger partial charge in [-0.25, -0.2) is 0 Å². The van der Waals surface area contributed by atoms with Crippen LogP contribution in [0.1, 0.15) is 44.8 Å². The fourth-order valence-electron chi connectivity index (χ4n) is 4.99. The van der Waals surface area contributed by atoms with E-state index in [9.17, 15) is 10.2 Å². The van der Waals surface area contributed by atoms with Gasteiger partial charge in [-0.1, -0.05) is 24.3 Å². The van der Waals surface area contributed by atoms with Crippen LogP contribution in [0.25, 0.3) is 0 Å². The molecule has 0 atom stereocenters. The highest BCUT2D eigenvalue weighted by atomic mass is 16.3. The molecule has 0 bridgehead atoms. The Morgan fingerprint density at radius 2 is 1.22 bits per heavy atom. The van der Waals surface area contributed by atoms with E-state index in [1.165, 1.54) is 6.21 Å². The van der Waals surface area contributed by atoms with Gasteiger partial charge in [0.05, 0.1) is 11.4 Å². The van der Waals surface area contributed by atoms with Gasteiger partial charge < -0.3 is 15.6 Å². The quantitative estimate of drug-likeness (QED) is 0.196. The molecule has 0 spiro atoms. The molecule has 41 heavy (non-hydrogen) atoms. The highest BCUT2D eigenvalue weighted by Gasteiger charge is 2.18. The highest BCUT2D eigenvalue weighted by molar-refractivity contribution is 5.84. The van der Waals surface area contributed by atoms with Gasteiger partial charge in [0, 0.05) is 93.4 Å². The number of aryl methyl sites for hydroxylation is 2. The summed E-state index contributed by atoms with van der Waals surface area (Å²) in [5.41, 5.74) is 6.74. The van der Waals surface area contributed by atoms with Crippen molar-refractivity contribution in [2.45, 2.75) is 40.0 Å². The maximum absolute atomic E-state index is 11.0. The fraction of sp³-hybridized carbons (Fsp3) is 0.273. The Balaban J connectivity index is 1.62. The van der Waals surface area contributed by atoms with E-state index < -0.39 is 0 Å². The van der Waals surface area contributed by atoms with Crippen LogP contribution in [0.5, 0.6) is 11.5 Å². The van der Waals surface area contributed by atoms with E-state index in [0.29, 0.717) is 50.4 Å². The number of hydrogen-bond donors (Lipinski definition) is 3. The average molecular weight is 551 g/mol. The SMILES string of the molecule is CN=Cc1cc(C)cc(CN(CCN(Cc2ccccn2)Cc2cc(C)cc(C=N)c2O)Cc2ccccn2)c1O. The van der Waals surface area contributed by atoms with E-state index in [4.69, 9.17) is 5.41 Å². The van der Waals surface area contributed by atoms with Crippen molar-refractivity contribution in [2.75, 3.05) is 20.1 Å². The predicted octanol–water partition coefficient (Wildman–Crippen LogP) is 5.26. The number of rotatable bonds is 13. The van der Waals surface area contributed by atoms with Gasteiger partial charge in [-0.2, -0.15) is 0 Å². The molecule has 0 aliphatic heterocycles. The molecule has 0 saturated carbocycles. The summed E-state index contributed by atoms with van der Waals surface area (Å²) in [6.07, 6.45) is 6.45. The molecule has 4 aromatic rings. The Labute approximate surface area is 242 Å². The molecule has 4 rings (SSSR count). The van der Waals surface area contributed by atoms with E-state index in [0.717, 1.165) is 33.6 Å². The summed E-state index contributed by atoms with van der Waals surface area (Å²) in [6, 6.07) is 19.5. The van der Waals surface area contributed by atoms with Crippen molar-refractivity contribution in [1.82, 2.24) is 19.8 Å². The number of hydrogen-bond acceptors (Lipinski definition) is 8. The number of nitrogens with one attached hydrogen (secondary N) is 1. The summed E-state index contributed by atoms with van der Waals surface area (Å²) in [5.74, 6) is 0.373. The number of nitrogens with zero attached hydrogens (tertiary/aromatic N) is 5. The lowest BCUT2D eigenvalue weighted by atomic mass is 10.0. The predicted molar refractivity (Wildman–Crippen MR) is 164 cm³/mol. The van der Waals surface area contributed by atoms with E-state index in [-0.39, 0.29) is 11.5 Å². The van der Waals surface area contributed by atoms with Crippen LogP contribution in [0.3, 0.4) is 0 Å². The van der Waals surface area contributed by atoms with E-state index in [1.54, 1.807) is 25.7 Å². The van der Waals surface area contributed by atoms with Crippen LogP contribution in [-0.2, 0) is 26.2 Å². The van der Waals surface area contributed by atoms with Crippen molar-refractivity contribution in [3.8, 4) is 11.5 Å². The van der Waals surface area contributed by atoms with Crippen molar-refractivity contribution < 1.29 is 10.2 Å². The Morgan fingerprint density at radius 1 is 0.732 bits per heavy atom. The monoisotopic (exact) mass is 550 g/mol. The van der Waals surface area contributed by atoms with Gasteiger partial charge in [-0.3, -0.25) is 24.8 Å². The maximum atomic E-state index is 11.0. The minimum atomic E-state index is 0.136. The summed E-state index contributed by atoms with van der Waals surface area (Å²) in [5, 5.41) is 29.6. The molecule has 3 N–H and O–H groups in total. The van der Waals surface area contributed by atoms with Crippen molar-refractivity contribution in [1.29, 1.82) is 5.41 Å². The second-order valence-electron chi connectivity index (χ2n) is 10.3. The van der Waals surface area contributed by atoms with Crippen molar-refractivity contribution >= 4 is 12.4 Å². The summed E-state index contributed by atoms with van der Waals surface area (Å²) in [6.45, 7) is 7.57. The Kier molecular flexibility index (Phi) is 10.3. The average Bonchev–Trinajstić information content (AvgIpc) is 2.97. The molecule has 0 saturated heterocycles. The van der Waals surface area contributed by atoms with E-state index >= 15 is 0 Å². The Hall–Kier alpha value is -4.40. The number of phenolic OH excluding ortho intramolecular Hbond substituents is 2. The molecule has 2 aromatic heterocycles. The molecule has 212 valence electrons. The molecule has 2 aromatic carbocycles. The smallest absolute Gasteiger partial charge is 0.128 e. The summed E-state index contributed by atoms with van der Waals surface area (Å²) in [4.78, 5) is 17.7. The molecular formula is C33H38N6O2. The standard InChI is InChI=1S/C33H38N6O2/c1-24-14-26(18-34)32(40)28(16-24)20-38(22-30-8-4-6-10-36-30)12-13-39(23-31-9-5-7-11-37-31)21-29-17-25(2)15-27(19-35-3)33(29)41/h4-11,14-19,34,40-41H,12-13,20-23H2,1-3H3. The first-order chi connectivity index (χ1) is 19.9. The molecule has 0 aliphatic rings. The number of aromatic nitrogens is 2. The maximum Gasteiger partial charge on any atom is 0.128 e. The third-order valence-electron chi connectivity index (χ3n) is 6.89. The molecule has 0 radical (unpaired) electrons. The lowest BCUT2D eigenvalue weighted by Crippen LogP contribution is -2.34. The molecule has 0 amide bonds. The Morgan fingerprint density at radius 3 is 1.66 bits per heavy atom. The largest absolute Gasteiger partial charge is 0.507 e. The first kappa shape index (κ1) is 29.6. The first-order valence-electron chi connectivity index (χ1n) is 13.7. The zero-order chi connectivity index (χ0) is 29.2. The normalized spacial score (nSPS) is 11.5. The van der Waals surface area contributed by atoms with E-state index in [2.05, 4.69) is 24.8 Å². The van der Waals surface area contributed by atoms with Gasteiger partial charge in [-0.05, 0) is 61.4 Å². The zero-order valence-electron chi connectivity index (χ0n) is 24.0. The van der Waals surface area contributed by atoms with Gasteiger partial charge in [0.2, 0.25) is 0 Å². The number of aliphatic imine (C=N–C) groups is 1. The first-order valence-corrected chi connectivity index (χ1v) is 13.7.